The van der Waals surface area contributed by atoms with Crippen LogP contribution in [0.3, 0.4) is 0 Å². The van der Waals surface area contributed by atoms with Gasteiger partial charge in [0.15, 0.2) is 0 Å². The molecule has 2 amide bonds. The fourth-order valence-electron chi connectivity index (χ4n) is 3.00. The number of rotatable bonds is 5. The van der Waals surface area contributed by atoms with Gasteiger partial charge in [-0.2, -0.15) is 0 Å². The average Bonchev–Trinajstić information content (AvgIpc) is 3.35. The molecule has 5 N–H and O–H groups in total. The topological polar surface area (TPSA) is 98.2 Å². The number of amides is 2. The summed E-state index contributed by atoms with van der Waals surface area (Å²) in [5.41, 5.74) is 13.4. The number of nitrogens with one attached hydrogen (secondary N) is 1. The van der Waals surface area contributed by atoms with Crippen molar-refractivity contribution >= 4 is 50.3 Å². The van der Waals surface area contributed by atoms with E-state index < -0.39 is 11.7 Å². The Morgan fingerprint density at radius 3 is 2.59 bits per heavy atom. The number of hydrogen-bond acceptors (Lipinski definition) is 5. The molecule has 2 heterocycles. The molecule has 8 heteroatoms. The van der Waals surface area contributed by atoms with E-state index in [1.165, 1.54) is 17.4 Å². The van der Waals surface area contributed by atoms with Crippen LogP contribution in [0.2, 0.25) is 0 Å². The minimum atomic E-state index is -0.593. The predicted octanol–water partition coefficient (Wildman–Crippen LogP) is 4.38. The van der Waals surface area contributed by atoms with Crippen molar-refractivity contribution in [1.29, 1.82) is 0 Å². The molecule has 0 aliphatic rings. The molecule has 4 rings (SSSR count). The van der Waals surface area contributed by atoms with Crippen molar-refractivity contribution in [2.75, 3.05) is 5.73 Å². The van der Waals surface area contributed by atoms with Crippen molar-refractivity contribution < 1.29 is 14.0 Å². The molecule has 2 aromatic carbocycles. The average molecular weight is 426 g/mol. The van der Waals surface area contributed by atoms with Crippen LogP contribution in [-0.2, 0) is 6.54 Å². The first-order chi connectivity index (χ1) is 13.9. The lowest BCUT2D eigenvalue weighted by Gasteiger charge is -2.05. The largest absolute Gasteiger partial charge is 0.399 e. The Bertz CT molecular complexity index is 1250. The highest BCUT2D eigenvalue weighted by atomic mass is 32.1. The van der Waals surface area contributed by atoms with Crippen molar-refractivity contribution in [3.05, 3.63) is 75.7 Å². The number of carbonyl (C=O) groups excluding carboxylic acids is 2. The second-order valence-corrected chi connectivity index (χ2v) is 8.54. The fraction of sp³-hybridized carbons (Fsp3) is 0.0476. The normalized spacial score (nSPS) is 10.9. The van der Waals surface area contributed by atoms with Gasteiger partial charge in [0.05, 0.1) is 14.5 Å². The Morgan fingerprint density at radius 1 is 1.00 bits per heavy atom. The zero-order valence-corrected chi connectivity index (χ0v) is 16.7. The van der Waals surface area contributed by atoms with Crippen LogP contribution in [0.5, 0.6) is 0 Å². The van der Waals surface area contributed by atoms with E-state index in [2.05, 4.69) is 5.32 Å². The Balaban J connectivity index is 1.59. The quantitative estimate of drug-likeness (QED) is 0.414. The highest BCUT2D eigenvalue weighted by molar-refractivity contribution is 7.21. The summed E-state index contributed by atoms with van der Waals surface area (Å²) < 4.78 is 14.5. The number of thiophene rings is 2. The number of carbonyl (C=O) groups is 2. The lowest BCUT2D eigenvalue weighted by molar-refractivity contribution is 0.0953. The number of nitrogen functional groups attached to an aromatic ring is 1. The van der Waals surface area contributed by atoms with E-state index in [4.69, 9.17) is 11.5 Å². The molecule has 0 bridgehead atoms. The zero-order valence-electron chi connectivity index (χ0n) is 15.1. The predicted molar refractivity (Wildman–Crippen MR) is 116 cm³/mol. The summed E-state index contributed by atoms with van der Waals surface area (Å²) in [6.45, 7) is 0.365. The third-order valence-electron chi connectivity index (χ3n) is 4.38. The van der Waals surface area contributed by atoms with E-state index in [1.807, 2.05) is 24.3 Å². The molecule has 0 spiro atoms. The van der Waals surface area contributed by atoms with Gasteiger partial charge in [-0.25, -0.2) is 4.39 Å². The second-order valence-electron chi connectivity index (χ2n) is 6.40. The van der Waals surface area contributed by atoms with Gasteiger partial charge >= 0.3 is 0 Å². The summed E-state index contributed by atoms with van der Waals surface area (Å²) in [5.74, 6) is -1.20. The first-order valence-corrected chi connectivity index (χ1v) is 10.3. The van der Waals surface area contributed by atoms with Crippen LogP contribution in [0.15, 0.2) is 54.6 Å². The van der Waals surface area contributed by atoms with Crippen molar-refractivity contribution in [2.45, 2.75) is 6.54 Å². The standard InChI is InChI=1S/C21H16FN3O2S2/c22-15-5-4-13(14-9-18(20(24)26)29-19(14)15)16-6-7-17(28-16)21(27)25-10-11-2-1-3-12(23)8-11/h1-9H,10,23H2,(H2,24,26)(H,25,27). The maximum atomic E-state index is 14.2. The van der Waals surface area contributed by atoms with E-state index in [0.29, 0.717) is 32.1 Å². The molecule has 146 valence electrons. The zero-order chi connectivity index (χ0) is 20.5. The van der Waals surface area contributed by atoms with Crippen molar-refractivity contribution in [1.82, 2.24) is 5.32 Å². The van der Waals surface area contributed by atoms with Crippen molar-refractivity contribution in [3.63, 3.8) is 0 Å². The molecule has 0 radical (unpaired) electrons. The number of primary amides is 1. The SMILES string of the molecule is NC(=O)c1cc2c(-c3ccc(C(=O)NCc4cccc(N)c4)s3)ccc(F)c2s1. The van der Waals surface area contributed by atoms with Gasteiger partial charge in [-0.15, -0.1) is 22.7 Å². The van der Waals surface area contributed by atoms with E-state index in [9.17, 15) is 14.0 Å². The van der Waals surface area contributed by atoms with E-state index in [0.717, 1.165) is 27.3 Å². The highest BCUT2D eigenvalue weighted by Gasteiger charge is 2.17. The third-order valence-corrected chi connectivity index (χ3v) is 6.65. The molecule has 0 saturated heterocycles. The third kappa shape index (κ3) is 3.85. The van der Waals surface area contributed by atoms with Crippen LogP contribution in [0.25, 0.3) is 20.5 Å². The second kappa shape index (κ2) is 7.65. The maximum Gasteiger partial charge on any atom is 0.261 e. The number of anilines is 1. The van der Waals surface area contributed by atoms with Gasteiger partial charge in [0.25, 0.3) is 11.8 Å². The van der Waals surface area contributed by atoms with Gasteiger partial charge in [0.2, 0.25) is 0 Å². The molecular formula is C21H16FN3O2S2. The molecular weight excluding hydrogens is 409 g/mol. The first kappa shape index (κ1) is 19.1. The summed E-state index contributed by atoms with van der Waals surface area (Å²) in [5, 5.41) is 3.48. The van der Waals surface area contributed by atoms with Crippen LogP contribution >= 0.6 is 22.7 Å². The Morgan fingerprint density at radius 2 is 1.83 bits per heavy atom. The lowest BCUT2D eigenvalue weighted by atomic mass is 10.1. The highest BCUT2D eigenvalue weighted by Crippen LogP contribution is 2.38. The lowest BCUT2D eigenvalue weighted by Crippen LogP contribution is -2.21. The van der Waals surface area contributed by atoms with Gasteiger partial charge in [-0.1, -0.05) is 12.1 Å². The van der Waals surface area contributed by atoms with Gasteiger partial charge in [0, 0.05) is 28.1 Å². The summed E-state index contributed by atoms with van der Waals surface area (Å²) >= 11 is 2.33. The summed E-state index contributed by atoms with van der Waals surface area (Å²) in [6, 6.07) is 15.5. The van der Waals surface area contributed by atoms with Gasteiger partial charge < -0.3 is 16.8 Å². The minimum Gasteiger partial charge on any atom is -0.399 e. The number of hydrogen-bond donors (Lipinski definition) is 3. The number of nitrogens with two attached hydrogens (primary N) is 2. The molecule has 29 heavy (non-hydrogen) atoms. The summed E-state index contributed by atoms with van der Waals surface area (Å²) in [4.78, 5) is 25.6. The fourth-order valence-corrected chi connectivity index (χ4v) is 4.91. The molecule has 2 aromatic heterocycles. The summed E-state index contributed by atoms with van der Waals surface area (Å²) in [6.07, 6.45) is 0. The van der Waals surface area contributed by atoms with Crippen LogP contribution < -0.4 is 16.8 Å². The van der Waals surface area contributed by atoms with Crippen LogP contribution in [0.4, 0.5) is 10.1 Å². The number of benzene rings is 2. The first-order valence-electron chi connectivity index (χ1n) is 8.67. The van der Waals surface area contributed by atoms with E-state index in [-0.39, 0.29) is 5.91 Å². The monoisotopic (exact) mass is 425 g/mol. The Hall–Kier alpha value is -3.23. The molecule has 0 aliphatic carbocycles. The molecule has 0 aliphatic heterocycles. The van der Waals surface area contributed by atoms with Crippen LogP contribution in [0, 0.1) is 5.82 Å². The molecule has 5 nitrogen and oxygen atoms in total. The van der Waals surface area contributed by atoms with Gasteiger partial charge in [-0.05, 0) is 48.0 Å². The Labute approximate surface area is 173 Å². The van der Waals surface area contributed by atoms with E-state index >= 15 is 0 Å². The van der Waals surface area contributed by atoms with E-state index in [1.54, 1.807) is 24.3 Å². The Kier molecular flexibility index (Phi) is 5.04. The molecule has 0 atom stereocenters. The number of fused-ring (bicyclic) bond motifs is 1. The minimum absolute atomic E-state index is 0.204. The molecule has 4 aromatic rings. The smallest absolute Gasteiger partial charge is 0.261 e. The molecule has 0 saturated carbocycles. The van der Waals surface area contributed by atoms with Crippen molar-refractivity contribution in [2.24, 2.45) is 5.73 Å². The van der Waals surface area contributed by atoms with Crippen molar-refractivity contribution in [3.8, 4) is 10.4 Å². The maximum absolute atomic E-state index is 14.2. The van der Waals surface area contributed by atoms with Gasteiger partial charge in [-0.3, -0.25) is 9.59 Å². The van der Waals surface area contributed by atoms with Gasteiger partial charge in [0.1, 0.15) is 5.82 Å². The number of halogens is 1. The van der Waals surface area contributed by atoms with Crippen LogP contribution in [-0.4, -0.2) is 11.8 Å². The molecule has 0 unspecified atom stereocenters. The molecule has 0 fully saturated rings. The summed E-state index contributed by atoms with van der Waals surface area (Å²) in [7, 11) is 0. The van der Waals surface area contributed by atoms with Crippen LogP contribution in [0.1, 0.15) is 24.9 Å².